The van der Waals surface area contributed by atoms with Gasteiger partial charge in [0.1, 0.15) is 10.8 Å². The van der Waals surface area contributed by atoms with Crippen molar-refractivity contribution in [3.05, 3.63) is 55.9 Å². The molecule has 0 aliphatic carbocycles. The first-order valence-electron chi connectivity index (χ1n) is 5.23. The Kier molecular flexibility index (Phi) is 3.58. The van der Waals surface area contributed by atoms with Crippen LogP contribution in [0.1, 0.15) is 16.8 Å². The summed E-state index contributed by atoms with van der Waals surface area (Å²) in [5.74, 6) is -0.456. The summed E-state index contributed by atoms with van der Waals surface area (Å²) in [7, 11) is 0. The number of nitrogens with two attached hydrogens (primary N) is 1. The van der Waals surface area contributed by atoms with Crippen LogP contribution in [0.15, 0.2) is 28.4 Å². The molecular formula is C12H11FN2OS2. The van der Waals surface area contributed by atoms with E-state index < -0.39 is 5.82 Å². The highest BCUT2D eigenvalue weighted by Gasteiger charge is 2.12. The van der Waals surface area contributed by atoms with Crippen molar-refractivity contribution in [2.24, 2.45) is 5.73 Å². The minimum absolute atomic E-state index is 0.0173. The van der Waals surface area contributed by atoms with Crippen LogP contribution in [0.5, 0.6) is 0 Å². The van der Waals surface area contributed by atoms with Crippen LogP contribution in [-0.2, 0) is 6.54 Å². The molecule has 0 atom stereocenters. The predicted molar refractivity (Wildman–Crippen MR) is 74.7 cm³/mol. The Hall–Kier alpha value is -1.53. The summed E-state index contributed by atoms with van der Waals surface area (Å²) in [5.41, 5.74) is 6.87. The summed E-state index contributed by atoms with van der Waals surface area (Å²) in [4.78, 5) is 11.5. The SMILES string of the molecule is Cc1csc(=O)n1Cc1cccc(C(N)=S)c1F. The van der Waals surface area contributed by atoms with E-state index in [0.717, 1.165) is 17.0 Å². The Bertz CT molecular complexity index is 660. The summed E-state index contributed by atoms with van der Waals surface area (Å²) in [6, 6.07) is 4.84. The van der Waals surface area contributed by atoms with E-state index in [1.807, 2.05) is 6.92 Å². The molecule has 0 fully saturated rings. The predicted octanol–water partition coefficient (Wildman–Crippen LogP) is 2.04. The maximum absolute atomic E-state index is 14.1. The lowest BCUT2D eigenvalue weighted by atomic mass is 10.1. The number of thiocarbonyl (C=S) groups is 1. The van der Waals surface area contributed by atoms with Gasteiger partial charge in [0, 0.05) is 22.2 Å². The zero-order chi connectivity index (χ0) is 13.3. The topological polar surface area (TPSA) is 48.0 Å². The monoisotopic (exact) mass is 282 g/mol. The molecule has 1 aromatic heterocycles. The number of benzene rings is 1. The third kappa shape index (κ3) is 2.34. The van der Waals surface area contributed by atoms with Crippen molar-refractivity contribution < 1.29 is 4.39 Å². The zero-order valence-corrected chi connectivity index (χ0v) is 11.3. The van der Waals surface area contributed by atoms with Gasteiger partial charge in [-0.3, -0.25) is 9.36 Å². The van der Waals surface area contributed by atoms with Crippen molar-refractivity contribution >= 4 is 28.5 Å². The second-order valence-electron chi connectivity index (χ2n) is 3.87. The van der Waals surface area contributed by atoms with Crippen LogP contribution in [0.3, 0.4) is 0 Å². The number of thiazole rings is 1. The van der Waals surface area contributed by atoms with Gasteiger partial charge in [-0.2, -0.15) is 0 Å². The molecule has 2 N–H and O–H groups in total. The molecule has 1 heterocycles. The summed E-state index contributed by atoms with van der Waals surface area (Å²) in [6.07, 6.45) is 0. The molecule has 94 valence electrons. The van der Waals surface area contributed by atoms with E-state index in [9.17, 15) is 9.18 Å². The molecule has 0 unspecified atom stereocenters. The number of aryl methyl sites for hydroxylation is 1. The number of halogens is 1. The van der Waals surface area contributed by atoms with Crippen molar-refractivity contribution in [2.45, 2.75) is 13.5 Å². The van der Waals surface area contributed by atoms with E-state index in [0.29, 0.717) is 5.56 Å². The third-order valence-electron chi connectivity index (χ3n) is 2.65. The fraction of sp³-hybridized carbons (Fsp3) is 0.167. The third-order valence-corrected chi connectivity index (χ3v) is 3.75. The fourth-order valence-electron chi connectivity index (χ4n) is 1.66. The highest BCUT2D eigenvalue weighted by molar-refractivity contribution is 7.80. The lowest BCUT2D eigenvalue weighted by Gasteiger charge is -2.08. The highest BCUT2D eigenvalue weighted by atomic mass is 32.1. The van der Waals surface area contributed by atoms with E-state index >= 15 is 0 Å². The number of hydrogen-bond acceptors (Lipinski definition) is 3. The first-order chi connectivity index (χ1) is 8.50. The van der Waals surface area contributed by atoms with Crippen LogP contribution in [0.4, 0.5) is 4.39 Å². The van der Waals surface area contributed by atoms with Gasteiger partial charge in [0.05, 0.1) is 6.54 Å². The van der Waals surface area contributed by atoms with E-state index in [4.69, 9.17) is 18.0 Å². The first-order valence-corrected chi connectivity index (χ1v) is 6.51. The van der Waals surface area contributed by atoms with Gasteiger partial charge in [0.15, 0.2) is 0 Å². The van der Waals surface area contributed by atoms with Crippen LogP contribution in [0, 0.1) is 12.7 Å². The van der Waals surface area contributed by atoms with Gasteiger partial charge in [-0.05, 0) is 13.0 Å². The van der Waals surface area contributed by atoms with Crippen LogP contribution in [-0.4, -0.2) is 9.56 Å². The molecule has 6 heteroatoms. The van der Waals surface area contributed by atoms with Crippen molar-refractivity contribution in [1.82, 2.24) is 4.57 Å². The van der Waals surface area contributed by atoms with E-state index in [-0.39, 0.29) is 22.0 Å². The van der Waals surface area contributed by atoms with E-state index in [1.165, 1.54) is 10.6 Å². The molecule has 3 nitrogen and oxygen atoms in total. The normalized spacial score (nSPS) is 10.6. The smallest absolute Gasteiger partial charge is 0.307 e. The summed E-state index contributed by atoms with van der Waals surface area (Å²) >= 11 is 5.88. The van der Waals surface area contributed by atoms with Gasteiger partial charge >= 0.3 is 4.87 Å². The number of aromatic nitrogens is 1. The Morgan fingerprint density at radius 1 is 1.56 bits per heavy atom. The van der Waals surface area contributed by atoms with Crippen LogP contribution < -0.4 is 10.6 Å². The number of rotatable bonds is 3. The van der Waals surface area contributed by atoms with Gasteiger partial charge in [-0.1, -0.05) is 35.7 Å². The van der Waals surface area contributed by atoms with Crippen molar-refractivity contribution in [3.63, 3.8) is 0 Å². The molecule has 2 rings (SSSR count). The summed E-state index contributed by atoms with van der Waals surface area (Å²) in [6.45, 7) is 2.00. The average Bonchev–Trinajstić information content (AvgIpc) is 2.63. The Labute approximate surface area is 113 Å². The van der Waals surface area contributed by atoms with Crippen LogP contribution in [0.25, 0.3) is 0 Å². The van der Waals surface area contributed by atoms with Crippen molar-refractivity contribution in [3.8, 4) is 0 Å². The molecule has 18 heavy (non-hydrogen) atoms. The minimum Gasteiger partial charge on any atom is -0.389 e. The molecule has 2 aromatic rings. The van der Waals surface area contributed by atoms with Gasteiger partial charge in [0.25, 0.3) is 0 Å². The zero-order valence-electron chi connectivity index (χ0n) is 9.64. The molecule has 0 radical (unpaired) electrons. The standard InChI is InChI=1S/C12H11FN2OS2/c1-7-6-18-12(16)15(7)5-8-3-2-4-9(10(8)13)11(14)17/h2-4,6H,5H2,1H3,(H2,14,17). The average molecular weight is 282 g/mol. The second-order valence-corrected chi connectivity index (χ2v) is 5.13. The molecule has 0 bridgehead atoms. The first kappa shape index (κ1) is 12.9. The highest BCUT2D eigenvalue weighted by Crippen LogP contribution is 2.15. The van der Waals surface area contributed by atoms with Crippen LogP contribution in [0.2, 0.25) is 0 Å². The summed E-state index contributed by atoms with van der Waals surface area (Å²) in [5, 5.41) is 1.75. The van der Waals surface area contributed by atoms with Gasteiger partial charge in [0.2, 0.25) is 0 Å². The maximum atomic E-state index is 14.1. The Morgan fingerprint density at radius 3 is 2.83 bits per heavy atom. The van der Waals surface area contributed by atoms with Crippen molar-refractivity contribution in [2.75, 3.05) is 0 Å². The quantitative estimate of drug-likeness (QED) is 0.876. The number of hydrogen-bond donors (Lipinski definition) is 1. The lowest BCUT2D eigenvalue weighted by molar-refractivity contribution is 0.594. The molecule has 0 aliphatic heterocycles. The molecule has 0 amide bonds. The van der Waals surface area contributed by atoms with Gasteiger partial charge in [-0.25, -0.2) is 4.39 Å². The van der Waals surface area contributed by atoms with Crippen molar-refractivity contribution in [1.29, 1.82) is 0 Å². The maximum Gasteiger partial charge on any atom is 0.307 e. The van der Waals surface area contributed by atoms with Gasteiger partial charge in [-0.15, -0.1) is 0 Å². The minimum atomic E-state index is -0.456. The molecular weight excluding hydrogens is 271 g/mol. The Morgan fingerprint density at radius 2 is 2.28 bits per heavy atom. The van der Waals surface area contributed by atoms with E-state index in [2.05, 4.69) is 0 Å². The molecule has 0 saturated heterocycles. The fourth-order valence-corrected chi connectivity index (χ4v) is 2.55. The molecule has 0 spiro atoms. The molecule has 0 aliphatic rings. The van der Waals surface area contributed by atoms with Gasteiger partial charge < -0.3 is 5.73 Å². The lowest BCUT2D eigenvalue weighted by Crippen LogP contribution is -2.18. The Balaban J connectivity index is 2.45. The molecule has 1 aromatic carbocycles. The van der Waals surface area contributed by atoms with Crippen LogP contribution >= 0.6 is 23.6 Å². The summed E-state index contributed by atoms with van der Waals surface area (Å²) < 4.78 is 15.6. The second kappa shape index (κ2) is 4.99. The molecule has 0 saturated carbocycles. The van der Waals surface area contributed by atoms with E-state index in [1.54, 1.807) is 17.5 Å². The number of nitrogens with zero attached hydrogens (tertiary/aromatic N) is 1. The largest absolute Gasteiger partial charge is 0.389 e.